The highest BCUT2D eigenvalue weighted by Gasteiger charge is 2.16. The molecule has 0 amide bonds. The minimum absolute atomic E-state index is 0.0582. The van der Waals surface area contributed by atoms with Crippen LogP contribution in [-0.2, 0) is 6.54 Å². The molecule has 1 N–H and O–H groups in total. The summed E-state index contributed by atoms with van der Waals surface area (Å²) >= 11 is 0. The van der Waals surface area contributed by atoms with Crippen molar-refractivity contribution in [2.24, 2.45) is 0 Å². The molecular formula is C10H12F2N2O2. The van der Waals surface area contributed by atoms with E-state index in [1.807, 2.05) is 0 Å². The summed E-state index contributed by atoms with van der Waals surface area (Å²) in [5.41, 5.74) is 0.344. The maximum atomic E-state index is 12.2. The van der Waals surface area contributed by atoms with E-state index in [2.05, 4.69) is 5.32 Å². The number of nitrogens with one attached hydrogen (secondary N) is 1. The quantitative estimate of drug-likeness (QED) is 0.624. The second-order valence-corrected chi connectivity index (χ2v) is 3.39. The van der Waals surface area contributed by atoms with Gasteiger partial charge in [0.15, 0.2) is 0 Å². The number of nitrogens with zero attached hydrogens (tertiary/aromatic N) is 1. The molecule has 0 aliphatic carbocycles. The number of hydrogen-bond acceptors (Lipinski definition) is 3. The van der Waals surface area contributed by atoms with Crippen LogP contribution >= 0.6 is 0 Å². The number of alkyl halides is 2. The second-order valence-electron chi connectivity index (χ2n) is 3.39. The molecule has 0 heterocycles. The van der Waals surface area contributed by atoms with E-state index < -0.39 is 17.4 Å². The normalized spacial score (nSPS) is 12.8. The zero-order valence-corrected chi connectivity index (χ0v) is 8.69. The molecule has 1 unspecified atom stereocenters. The van der Waals surface area contributed by atoms with Crippen LogP contribution in [0.25, 0.3) is 0 Å². The van der Waals surface area contributed by atoms with Crippen molar-refractivity contribution in [2.75, 3.05) is 0 Å². The van der Waals surface area contributed by atoms with Gasteiger partial charge in [-0.05, 0) is 6.92 Å². The van der Waals surface area contributed by atoms with E-state index in [9.17, 15) is 18.9 Å². The predicted octanol–water partition coefficient (Wildman–Crippen LogP) is 2.34. The largest absolute Gasteiger partial charge is 0.305 e. The SMILES string of the molecule is CC(NCc1ccccc1[N+](=O)[O-])C(F)F. The van der Waals surface area contributed by atoms with Gasteiger partial charge in [0.2, 0.25) is 0 Å². The lowest BCUT2D eigenvalue weighted by molar-refractivity contribution is -0.385. The topological polar surface area (TPSA) is 55.2 Å². The van der Waals surface area contributed by atoms with E-state index >= 15 is 0 Å². The van der Waals surface area contributed by atoms with Crippen LogP contribution in [0.4, 0.5) is 14.5 Å². The fourth-order valence-electron chi connectivity index (χ4n) is 1.20. The number of hydrogen-bond donors (Lipinski definition) is 1. The molecule has 1 aromatic rings. The fourth-order valence-corrected chi connectivity index (χ4v) is 1.20. The Bertz CT molecular complexity index is 372. The van der Waals surface area contributed by atoms with Gasteiger partial charge in [-0.2, -0.15) is 0 Å². The number of para-hydroxylation sites is 1. The van der Waals surface area contributed by atoms with Crippen LogP contribution in [0.3, 0.4) is 0 Å². The lowest BCUT2D eigenvalue weighted by atomic mass is 10.1. The molecule has 0 bridgehead atoms. The number of nitro groups is 1. The summed E-state index contributed by atoms with van der Waals surface area (Å²) in [6.07, 6.45) is -2.48. The Morgan fingerprint density at radius 2 is 2.06 bits per heavy atom. The van der Waals surface area contributed by atoms with Crippen molar-refractivity contribution in [3.63, 3.8) is 0 Å². The van der Waals surface area contributed by atoms with Crippen molar-refractivity contribution in [1.29, 1.82) is 0 Å². The molecule has 0 fully saturated rings. The van der Waals surface area contributed by atoms with Crippen molar-refractivity contribution in [3.05, 3.63) is 39.9 Å². The lowest BCUT2D eigenvalue weighted by Gasteiger charge is -2.12. The van der Waals surface area contributed by atoms with Crippen LogP contribution in [0.2, 0.25) is 0 Å². The molecule has 0 saturated carbocycles. The van der Waals surface area contributed by atoms with Crippen molar-refractivity contribution < 1.29 is 13.7 Å². The van der Waals surface area contributed by atoms with E-state index in [0.717, 1.165) is 0 Å². The summed E-state index contributed by atoms with van der Waals surface area (Å²) < 4.78 is 24.4. The molecule has 1 atom stereocenters. The van der Waals surface area contributed by atoms with E-state index in [1.165, 1.54) is 19.1 Å². The van der Waals surface area contributed by atoms with Crippen LogP contribution in [0, 0.1) is 10.1 Å². The second kappa shape index (κ2) is 5.50. The molecule has 16 heavy (non-hydrogen) atoms. The highest BCUT2D eigenvalue weighted by molar-refractivity contribution is 5.39. The van der Waals surface area contributed by atoms with Crippen LogP contribution in [0.5, 0.6) is 0 Å². The summed E-state index contributed by atoms with van der Waals surface area (Å²) in [5.74, 6) is 0. The predicted molar refractivity (Wildman–Crippen MR) is 55.4 cm³/mol. The molecule has 88 valence electrons. The number of nitro benzene ring substituents is 1. The van der Waals surface area contributed by atoms with Crippen LogP contribution in [0.15, 0.2) is 24.3 Å². The third-order valence-corrected chi connectivity index (χ3v) is 2.18. The maximum Gasteiger partial charge on any atom is 0.273 e. The average Bonchev–Trinajstić information content (AvgIpc) is 2.25. The van der Waals surface area contributed by atoms with Crippen molar-refractivity contribution in [1.82, 2.24) is 5.32 Å². The first-order valence-electron chi connectivity index (χ1n) is 4.76. The molecule has 0 radical (unpaired) electrons. The van der Waals surface area contributed by atoms with Crippen molar-refractivity contribution in [2.45, 2.75) is 25.9 Å². The molecule has 0 spiro atoms. The first-order valence-corrected chi connectivity index (χ1v) is 4.76. The lowest BCUT2D eigenvalue weighted by Crippen LogP contribution is -2.32. The third kappa shape index (κ3) is 3.23. The highest BCUT2D eigenvalue weighted by atomic mass is 19.3. The zero-order valence-electron chi connectivity index (χ0n) is 8.69. The standard InChI is InChI=1S/C10H12F2N2O2/c1-7(10(11)12)13-6-8-4-2-3-5-9(8)14(15)16/h2-5,7,10,13H,6H2,1H3. The molecular weight excluding hydrogens is 218 g/mol. The number of rotatable bonds is 5. The summed E-state index contributed by atoms with van der Waals surface area (Å²) in [6.45, 7) is 1.39. The molecule has 1 rings (SSSR count). The first kappa shape index (κ1) is 12.5. The molecule has 0 saturated heterocycles. The maximum absolute atomic E-state index is 12.2. The Kier molecular flexibility index (Phi) is 4.30. The average molecular weight is 230 g/mol. The van der Waals surface area contributed by atoms with Gasteiger partial charge in [0.25, 0.3) is 12.1 Å². The molecule has 0 aromatic heterocycles. The van der Waals surface area contributed by atoms with Gasteiger partial charge in [-0.3, -0.25) is 10.1 Å². The van der Waals surface area contributed by atoms with E-state index in [0.29, 0.717) is 5.56 Å². The van der Waals surface area contributed by atoms with Crippen LogP contribution in [-0.4, -0.2) is 17.4 Å². The van der Waals surface area contributed by atoms with E-state index in [-0.39, 0.29) is 12.2 Å². The Labute approximate surface area is 91.4 Å². The van der Waals surface area contributed by atoms with E-state index in [4.69, 9.17) is 0 Å². The summed E-state index contributed by atoms with van der Waals surface area (Å²) in [4.78, 5) is 10.1. The monoisotopic (exact) mass is 230 g/mol. The van der Waals surface area contributed by atoms with Gasteiger partial charge in [0.1, 0.15) is 0 Å². The highest BCUT2D eigenvalue weighted by Crippen LogP contribution is 2.17. The Balaban J connectivity index is 2.70. The molecule has 0 aliphatic rings. The van der Waals surface area contributed by atoms with Gasteiger partial charge in [-0.1, -0.05) is 18.2 Å². The van der Waals surface area contributed by atoms with Crippen LogP contribution < -0.4 is 5.32 Å². The van der Waals surface area contributed by atoms with Crippen molar-refractivity contribution >= 4 is 5.69 Å². The summed E-state index contributed by atoms with van der Waals surface area (Å²) in [5, 5.41) is 13.2. The molecule has 0 aliphatic heterocycles. The smallest absolute Gasteiger partial charge is 0.273 e. The Morgan fingerprint density at radius 1 is 1.44 bits per heavy atom. The Morgan fingerprint density at radius 3 is 2.62 bits per heavy atom. The summed E-state index contributed by atoms with van der Waals surface area (Å²) in [7, 11) is 0. The van der Waals surface area contributed by atoms with Gasteiger partial charge >= 0.3 is 0 Å². The van der Waals surface area contributed by atoms with Gasteiger partial charge in [-0.15, -0.1) is 0 Å². The van der Waals surface area contributed by atoms with Gasteiger partial charge < -0.3 is 5.32 Å². The minimum atomic E-state index is -2.48. The van der Waals surface area contributed by atoms with Gasteiger partial charge in [0.05, 0.1) is 11.0 Å². The molecule has 1 aromatic carbocycles. The molecule has 4 nitrogen and oxygen atoms in total. The number of benzene rings is 1. The zero-order chi connectivity index (χ0) is 12.1. The minimum Gasteiger partial charge on any atom is -0.305 e. The van der Waals surface area contributed by atoms with Gasteiger partial charge in [0, 0.05) is 18.2 Å². The summed E-state index contributed by atoms with van der Waals surface area (Å²) in [6, 6.07) is 5.09. The first-order chi connectivity index (χ1) is 7.52. The van der Waals surface area contributed by atoms with E-state index in [1.54, 1.807) is 12.1 Å². The fraction of sp³-hybridized carbons (Fsp3) is 0.400. The number of halogens is 2. The molecule has 6 heteroatoms. The third-order valence-electron chi connectivity index (χ3n) is 2.18. The van der Waals surface area contributed by atoms with Crippen molar-refractivity contribution in [3.8, 4) is 0 Å². The van der Waals surface area contributed by atoms with Gasteiger partial charge in [-0.25, -0.2) is 8.78 Å². The Hall–Kier alpha value is -1.56. The van der Waals surface area contributed by atoms with Crippen LogP contribution in [0.1, 0.15) is 12.5 Å².